The first-order valence-electron chi connectivity index (χ1n) is 16.4. The Kier molecular flexibility index (Phi) is 21.1. The van der Waals surface area contributed by atoms with Gasteiger partial charge in [-0.2, -0.15) is 0 Å². The van der Waals surface area contributed by atoms with Crippen LogP contribution in [0.3, 0.4) is 0 Å². The highest BCUT2D eigenvalue weighted by molar-refractivity contribution is 5.74. The second-order valence-electron chi connectivity index (χ2n) is 12.4. The zero-order valence-corrected chi connectivity index (χ0v) is 27.5. The maximum absolute atomic E-state index is 13.1. The summed E-state index contributed by atoms with van der Waals surface area (Å²) in [7, 11) is 0. The van der Waals surface area contributed by atoms with E-state index in [1.807, 2.05) is 6.92 Å². The van der Waals surface area contributed by atoms with Crippen molar-refractivity contribution in [3.05, 3.63) is 60.3 Å². The number of aliphatic hydroxyl groups is 9. The second kappa shape index (κ2) is 23.2. The SMILES string of the molecule is CCCCC[C@@H](O)C1C(=O)O[C@H](C)[C@@H](O)/C=C/C=C/C=C/C=C/C=C(/C)[C@@H](O)C[C@H](O)C[C@H](O)C[C@H](O)C[C@H](O)C[C@H](O)C[C@@H]1O. The van der Waals surface area contributed by atoms with E-state index in [2.05, 4.69) is 0 Å². The molecule has 0 fully saturated rings. The van der Waals surface area contributed by atoms with Crippen molar-refractivity contribution in [3.8, 4) is 0 Å². The van der Waals surface area contributed by atoms with Crippen LogP contribution >= 0.6 is 0 Å². The smallest absolute Gasteiger partial charge is 0.314 e. The average molecular weight is 655 g/mol. The third-order valence-corrected chi connectivity index (χ3v) is 8.03. The van der Waals surface area contributed by atoms with E-state index in [1.165, 1.54) is 13.0 Å². The number of aliphatic hydroxyl groups excluding tert-OH is 9. The summed E-state index contributed by atoms with van der Waals surface area (Å²) >= 11 is 0. The van der Waals surface area contributed by atoms with Crippen molar-refractivity contribution >= 4 is 5.97 Å². The van der Waals surface area contributed by atoms with Crippen LogP contribution in [0.2, 0.25) is 0 Å². The van der Waals surface area contributed by atoms with Gasteiger partial charge >= 0.3 is 5.97 Å². The van der Waals surface area contributed by atoms with Gasteiger partial charge in [0.2, 0.25) is 0 Å². The molecule has 11 atom stereocenters. The van der Waals surface area contributed by atoms with Crippen LogP contribution in [0, 0.1) is 5.92 Å². The van der Waals surface area contributed by atoms with Crippen LogP contribution in [0.5, 0.6) is 0 Å². The first-order chi connectivity index (χ1) is 21.7. The molecule has 0 aromatic rings. The van der Waals surface area contributed by atoms with Gasteiger partial charge in [-0.3, -0.25) is 4.79 Å². The van der Waals surface area contributed by atoms with Gasteiger partial charge in [0.15, 0.2) is 0 Å². The Morgan fingerprint density at radius 2 is 1.20 bits per heavy atom. The molecule has 0 aromatic heterocycles. The van der Waals surface area contributed by atoms with Gasteiger partial charge in [-0.05, 0) is 51.5 Å². The molecule has 11 nitrogen and oxygen atoms in total. The number of cyclic esters (lactones) is 1. The lowest BCUT2D eigenvalue weighted by Gasteiger charge is -2.29. The van der Waals surface area contributed by atoms with E-state index in [0.717, 1.165) is 12.8 Å². The molecule has 0 aliphatic carbocycles. The first kappa shape index (κ1) is 41.8. The lowest BCUT2D eigenvalue weighted by atomic mass is 9.87. The minimum atomic E-state index is -1.52. The molecule has 1 rings (SSSR count). The molecule has 264 valence electrons. The number of rotatable bonds is 5. The summed E-state index contributed by atoms with van der Waals surface area (Å²) in [6.45, 7) is 5.18. The summed E-state index contributed by atoms with van der Waals surface area (Å²) in [5.74, 6) is -2.33. The molecule has 9 N–H and O–H groups in total. The zero-order valence-electron chi connectivity index (χ0n) is 27.5. The first-order valence-corrected chi connectivity index (χ1v) is 16.4. The molecular formula is C35H58O11. The summed E-state index contributed by atoms with van der Waals surface area (Å²) in [6.07, 6.45) is 4.69. The quantitative estimate of drug-likeness (QED) is 0.154. The standard InChI is InChI=1S/C35H58O11/c1-4-5-11-16-31(42)34-33(44)22-29(40)20-27(38)18-25(36)17-26(37)19-28(39)21-32(43)23(2)14-12-9-7-6-8-10-13-15-30(41)24(3)46-35(34)45/h6-10,12-15,24-34,36-44H,4-5,11,16-22H2,1-3H3/b7-6+,10-8+,12-9+,15-13+,23-14-/t24-,25+,26-,27+,28-,29+,30+,31-,32+,33+,34?/m1/s1. The summed E-state index contributed by atoms with van der Waals surface area (Å²) in [5, 5.41) is 94.8. The Morgan fingerprint density at radius 3 is 1.74 bits per heavy atom. The van der Waals surface area contributed by atoms with E-state index < -0.39 is 72.9 Å². The molecule has 0 saturated carbocycles. The Labute approximate surface area is 273 Å². The summed E-state index contributed by atoms with van der Waals surface area (Å²) in [5.41, 5.74) is 0.609. The van der Waals surface area contributed by atoms with Gasteiger partial charge in [0, 0.05) is 12.8 Å². The maximum atomic E-state index is 13.1. The highest BCUT2D eigenvalue weighted by atomic mass is 16.6. The van der Waals surface area contributed by atoms with Crippen LogP contribution in [-0.4, -0.2) is 113 Å². The molecule has 1 heterocycles. The number of hydrogen-bond donors (Lipinski definition) is 9. The molecule has 0 amide bonds. The van der Waals surface area contributed by atoms with Crippen LogP contribution in [0.15, 0.2) is 60.3 Å². The predicted octanol–water partition coefficient (Wildman–Crippen LogP) is 1.89. The number of carbonyl (C=O) groups excluding carboxylic acids is 1. The third kappa shape index (κ3) is 17.7. The number of carbonyl (C=O) groups is 1. The maximum Gasteiger partial charge on any atom is 0.314 e. The molecule has 0 saturated heterocycles. The van der Waals surface area contributed by atoms with Crippen LogP contribution in [0.25, 0.3) is 0 Å². The monoisotopic (exact) mass is 654 g/mol. The number of ether oxygens (including phenoxy) is 1. The molecule has 0 radical (unpaired) electrons. The number of hydrogen-bond acceptors (Lipinski definition) is 11. The number of allylic oxidation sites excluding steroid dienone is 8. The molecule has 0 aromatic carbocycles. The summed E-state index contributed by atoms with van der Waals surface area (Å²) in [6, 6.07) is 0. The van der Waals surface area contributed by atoms with Crippen LogP contribution < -0.4 is 0 Å². The van der Waals surface area contributed by atoms with Crippen molar-refractivity contribution in [2.24, 2.45) is 5.92 Å². The van der Waals surface area contributed by atoms with E-state index in [0.29, 0.717) is 12.0 Å². The van der Waals surface area contributed by atoms with Crippen molar-refractivity contribution in [2.75, 3.05) is 0 Å². The lowest BCUT2D eigenvalue weighted by Crippen LogP contribution is -2.43. The highest BCUT2D eigenvalue weighted by Gasteiger charge is 2.37. The summed E-state index contributed by atoms with van der Waals surface area (Å²) < 4.78 is 5.42. The van der Waals surface area contributed by atoms with E-state index in [9.17, 15) is 50.8 Å². The van der Waals surface area contributed by atoms with Crippen LogP contribution in [-0.2, 0) is 9.53 Å². The molecule has 1 aliphatic heterocycles. The van der Waals surface area contributed by atoms with Gasteiger partial charge in [0.05, 0.1) is 48.8 Å². The van der Waals surface area contributed by atoms with E-state index in [4.69, 9.17) is 4.74 Å². The fourth-order valence-corrected chi connectivity index (χ4v) is 5.27. The van der Waals surface area contributed by atoms with Gasteiger partial charge in [0.1, 0.15) is 18.1 Å². The van der Waals surface area contributed by atoms with Gasteiger partial charge in [-0.1, -0.05) is 80.9 Å². The molecule has 0 bridgehead atoms. The number of unbranched alkanes of at least 4 members (excludes halogenated alkanes) is 2. The van der Waals surface area contributed by atoms with Crippen LogP contribution in [0.4, 0.5) is 0 Å². The van der Waals surface area contributed by atoms with Crippen molar-refractivity contribution < 1.29 is 55.5 Å². The van der Waals surface area contributed by atoms with E-state index >= 15 is 0 Å². The van der Waals surface area contributed by atoms with Crippen LogP contribution in [0.1, 0.15) is 85.0 Å². The molecule has 11 heteroatoms. The molecule has 46 heavy (non-hydrogen) atoms. The lowest BCUT2D eigenvalue weighted by molar-refractivity contribution is -0.168. The van der Waals surface area contributed by atoms with E-state index in [1.54, 1.807) is 55.5 Å². The van der Waals surface area contributed by atoms with Gasteiger partial charge < -0.3 is 50.7 Å². The summed E-state index contributed by atoms with van der Waals surface area (Å²) in [4.78, 5) is 13.1. The topological polar surface area (TPSA) is 208 Å². The molecule has 1 unspecified atom stereocenters. The predicted molar refractivity (Wildman–Crippen MR) is 175 cm³/mol. The fourth-order valence-electron chi connectivity index (χ4n) is 5.27. The Balaban J connectivity index is 3.14. The Bertz CT molecular complexity index is 991. The fraction of sp³-hybridized carbons (Fsp3) is 0.686. The third-order valence-electron chi connectivity index (χ3n) is 8.03. The van der Waals surface area contributed by atoms with Crippen molar-refractivity contribution in [1.82, 2.24) is 0 Å². The van der Waals surface area contributed by atoms with Crippen molar-refractivity contribution in [1.29, 1.82) is 0 Å². The van der Waals surface area contributed by atoms with Gasteiger partial charge in [0.25, 0.3) is 0 Å². The largest absolute Gasteiger partial charge is 0.459 e. The molecular weight excluding hydrogens is 596 g/mol. The average Bonchev–Trinajstić information content (AvgIpc) is 2.94. The van der Waals surface area contributed by atoms with Crippen molar-refractivity contribution in [2.45, 2.75) is 146 Å². The Morgan fingerprint density at radius 1 is 0.717 bits per heavy atom. The minimum Gasteiger partial charge on any atom is -0.459 e. The molecule has 0 spiro atoms. The number of esters is 1. The minimum absolute atomic E-state index is 0.0162. The van der Waals surface area contributed by atoms with Crippen molar-refractivity contribution in [3.63, 3.8) is 0 Å². The normalized spacial score (nSPS) is 38.6. The molecule has 1 aliphatic rings. The highest BCUT2D eigenvalue weighted by Crippen LogP contribution is 2.24. The van der Waals surface area contributed by atoms with E-state index in [-0.39, 0.29) is 44.9 Å². The Hall–Kier alpha value is -2.19. The van der Waals surface area contributed by atoms with Gasteiger partial charge in [-0.15, -0.1) is 0 Å². The van der Waals surface area contributed by atoms with Gasteiger partial charge in [-0.25, -0.2) is 0 Å². The second-order valence-corrected chi connectivity index (χ2v) is 12.4. The zero-order chi connectivity index (χ0) is 34.6.